The maximum atomic E-state index is 12.4. The third-order valence-corrected chi connectivity index (χ3v) is 4.78. The molecule has 0 radical (unpaired) electrons. The van der Waals surface area contributed by atoms with Gasteiger partial charge in [0.1, 0.15) is 5.76 Å². The van der Waals surface area contributed by atoms with E-state index in [1.807, 2.05) is 61.5 Å². The predicted octanol–water partition coefficient (Wildman–Crippen LogP) is 3.96. The van der Waals surface area contributed by atoms with Gasteiger partial charge in [-0.2, -0.15) is 0 Å². The fourth-order valence-corrected chi connectivity index (χ4v) is 3.30. The van der Waals surface area contributed by atoms with Gasteiger partial charge in [0.2, 0.25) is 17.7 Å². The highest BCUT2D eigenvalue weighted by Gasteiger charge is 2.21. The van der Waals surface area contributed by atoms with Gasteiger partial charge in [-0.25, -0.2) is 4.98 Å². The second-order valence-electron chi connectivity index (χ2n) is 6.81. The highest BCUT2D eigenvalue weighted by atomic mass is 16.4. The molecule has 2 heterocycles. The normalized spacial score (nSPS) is 13.8. The summed E-state index contributed by atoms with van der Waals surface area (Å²) in [5, 5.41) is 2.87. The number of oxazole rings is 1. The lowest BCUT2D eigenvalue weighted by Crippen LogP contribution is -2.23. The lowest BCUT2D eigenvalue weighted by atomic mass is 10.2. The number of anilines is 2. The lowest BCUT2D eigenvalue weighted by Gasteiger charge is -2.16. The van der Waals surface area contributed by atoms with Crippen LogP contribution in [0.2, 0.25) is 0 Å². The average molecular weight is 375 g/mol. The second-order valence-corrected chi connectivity index (χ2v) is 6.81. The maximum Gasteiger partial charge on any atom is 0.230 e. The number of nitrogens with one attached hydrogen (secondary N) is 1. The number of amides is 2. The van der Waals surface area contributed by atoms with Crippen molar-refractivity contribution in [2.24, 2.45) is 0 Å². The molecule has 0 bridgehead atoms. The van der Waals surface area contributed by atoms with Gasteiger partial charge in [0.25, 0.3) is 0 Å². The van der Waals surface area contributed by atoms with Gasteiger partial charge in [0.05, 0.1) is 12.1 Å². The Labute approximate surface area is 163 Å². The Morgan fingerprint density at radius 1 is 1.14 bits per heavy atom. The van der Waals surface area contributed by atoms with Crippen LogP contribution in [0, 0.1) is 6.92 Å². The number of benzene rings is 2. The largest absolute Gasteiger partial charge is 0.441 e. The van der Waals surface area contributed by atoms with E-state index < -0.39 is 0 Å². The van der Waals surface area contributed by atoms with Crippen molar-refractivity contribution in [1.29, 1.82) is 0 Å². The van der Waals surface area contributed by atoms with Crippen LogP contribution in [0.5, 0.6) is 0 Å². The SMILES string of the molecule is Cc1oc(-c2ccccc2)nc1CC(=O)Nc1ccc(N2CCCC2=O)cc1. The quantitative estimate of drug-likeness (QED) is 0.732. The molecule has 1 saturated heterocycles. The molecule has 0 aliphatic carbocycles. The van der Waals surface area contributed by atoms with Gasteiger partial charge in [-0.15, -0.1) is 0 Å². The number of carbonyl (C=O) groups excluding carboxylic acids is 2. The summed E-state index contributed by atoms with van der Waals surface area (Å²) in [6.45, 7) is 2.56. The van der Waals surface area contributed by atoms with E-state index in [0.717, 1.165) is 24.2 Å². The van der Waals surface area contributed by atoms with Crippen LogP contribution in [0.25, 0.3) is 11.5 Å². The lowest BCUT2D eigenvalue weighted by molar-refractivity contribution is -0.117. The standard InChI is InChI=1S/C22H21N3O3/c1-15-19(24-22(28-15)16-6-3-2-4-7-16)14-20(26)23-17-9-11-18(12-10-17)25-13-5-8-21(25)27/h2-4,6-7,9-12H,5,8,13-14H2,1H3,(H,23,26). The van der Waals surface area contributed by atoms with Crippen LogP contribution < -0.4 is 10.2 Å². The molecule has 28 heavy (non-hydrogen) atoms. The summed E-state index contributed by atoms with van der Waals surface area (Å²) in [5.41, 5.74) is 3.05. The fraction of sp³-hybridized carbons (Fsp3) is 0.227. The van der Waals surface area contributed by atoms with Crippen molar-refractivity contribution in [2.75, 3.05) is 16.8 Å². The van der Waals surface area contributed by atoms with E-state index in [0.29, 0.717) is 29.5 Å². The van der Waals surface area contributed by atoms with Gasteiger partial charge in [-0.05, 0) is 49.7 Å². The minimum Gasteiger partial charge on any atom is -0.441 e. The monoisotopic (exact) mass is 375 g/mol. The molecule has 1 fully saturated rings. The van der Waals surface area contributed by atoms with E-state index in [9.17, 15) is 9.59 Å². The molecule has 142 valence electrons. The molecule has 3 aromatic rings. The number of hydrogen-bond acceptors (Lipinski definition) is 4. The third kappa shape index (κ3) is 3.81. The zero-order valence-electron chi connectivity index (χ0n) is 15.6. The molecule has 1 aliphatic heterocycles. The smallest absolute Gasteiger partial charge is 0.230 e. The average Bonchev–Trinajstić information content (AvgIpc) is 3.29. The van der Waals surface area contributed by atoms with Crippen molar-refractivity contribution >= 4 is 23.2 Å². The van der Waals surface area contributed by atoms with Crippen molar-refractivity contribution in [3.63, 3.8) is 0 Å². The number of hydrogen-bond donors (Lipinski definition) is 1. The molecule has 1 N–H and O–H groups in total. The van der Waals surface area contributed by atoms with Crippen LogP contribution in [0.3, 0.4) is 0 Å². The van der Waals surface area contributed by atoms with E-state index in [-0.39, 0.29) is 18.2 Å². The first-order chi connectivity index (χ1) is 13.6. The Balaban J connectivity index is 1.41. The van der Waals surface area contributed by atoms with E-state index >= 15 is 0 Å². The number of aryl methyl sites for hydroxylation is 1. The van der Waals surface area contributed by atoms with Crippen molar-refractivity contribution in [3.8, 4) is 11.5 Å². The Morgan fingerprint density at radius 3 is 2.57 bits per heavy atom. The van der Waals surface area contributed by atoms with Crippen molar-refractivity contribution in [3.05, 3.63) is 66.1 Å². The third-order valence-electron chi connectivity index (χ3n) is 4.78. The molecule has 6 nitrogen and oxygen atoms in total. The van der Waals surface area contributed by atoms with Crippen LogP contribution in [-0.2, 0) is 16.0 Å². The van der Waals surface area contributed by atoms with Crippen LogP contribution in [-0.4, -0.2) is 23.3 Å². The van der Waals surface area contributed by atoms with Crippen molar-refractivity contribution in [2.45, 2.75) is 26.2 Å². The molecule has 0 unspecified atom stereocenters. The fourth-order valence-electron chi connectivity index (χ4n) is 3.30. The highest BCUT2D eigenvalue weighted by molar-refractivity contribution is 5.96. The van der Waals surface area contributed by atoms with Crippen molar-refractivity contribution < 1.29 is 14.0 Å². The first kappa shape index (κ1) is 18.0. The van der Waals surface area contributed by atoms with Crippen LogP contribution in [0.15, 0.2) is 59.0 Å². The summed E-state index contributed by atoms with van der Waals surface area (Å²) >= 11 is 0. The van der Waals surface area contributed by atoms with Crippen LogP contribution in [0.1, 0.15) is 24.3 Å². The summed E-state index contributed by atoms with van der Waals surface area (Å²) < 4.78 is 5.71. The highest BCUT2D eigenvalue weighted by Crippen LogP contribution is 2.24. The number of rotatable bonds is 5. The number of carbonyl (C=O) groups is 2. The van der Waals surface area contributed by atoms with Crippen LogP contribution in [0.4, 0.5) is 11.4 Å². The molecule has 1 aromatic heterocycles. The van der Waals surface area contributed by atoms with Gasteiger partial charge in [0, 0.05) is 29.9 Å². The maximum absolute atomic E-state index is 12.4. The summed E-state index contributed by atoms with van der Waals surface area (Å²) in [4.78, 5) is 30.5. The molecule has 4 rings (SSSR count). The molecule has 0 saturated carbocycles. The Morgan fingerprint density at radius 2 is 1.89 bits per heavy atom. The summed E-state index contributed by atoms with van der Waals surface area (Å²) in [6.07, 6.45) is 1.62. The van der Waals surface area contributed by atoms with Gasteiger partial charge in [-0.3, -0.25) is 9.59 Å². The molecule has 0 atom stereocenters. The van der Waals surface area contributed by atoms with E-state index in [1.165, 1.54) is 0 Å². The predicted molar refractivity (Wildman–Crippen MR) is 107 cm³/mol. The van der Waals surface area contributed by atoms with Gasteiger partial charge in [0.15, 0.2) is 0 Å². The van der Waals surface area contributed by atoms with E-state index in [1.54, 1.807) is 4.90 Å². The second kappa shape index (κ2) is 7.68. The Bertz CT molecular complexity index is 994. The Kier molecular flexibility index (Phi) is 4.93. The summed E-state index contributed by atoms with van der Waals surface area (Å²) in [7, 11) is 0. The van der Waals surface area contributed by atoms with Gasteiger partial charge in [-0.1, -0.05) is 18.2 Å². The first-order valence-electron chi connectivity index (χ1n) is 9.32. The topological polar surface area (TPSA) is 75.4 Å². The Hall–Kier alpha value is -3.41. The molecule has 0 spiro atoms. The number of nitrogens with zero attached hydrogens (tertiary/aromatic N) is 2. The van der Waals surface area contributed by atoms with E-state index in [2.05, 4.69) is 10.3 Å². The molecule has 2 amide bonds. The zero-order chi connectivity index (χ0) is 19.5. The molecular formula is C22H21N3O3. The van der Waals surface area contributed by atoms with E-state index in [4.69, 9.17) is 4.42 Å². The minimum atomic E-state index is -0.166. The zero-order valence-corrected chi connectivity index (χ0v) is 15.6. The number of aromatic nitrogens is 1. The molecule has 6 heteroatoms. The summed E-state index contributed by atoms with van der Waals surface area (Å²) in [5.74, 6) is 1.13. The van der Waals surface area contributed by atoms with Gasteiger partial charge < -0.3 is 14.6 Å². The minimum absolute atomic E-state index is 0.133. The van der Waals surface area contributed by atoms with Gasteiger partial charge >= 0.3 is 0 Å². The molecular weight excluding hydrogens is 354 g/mol. The molecule has 1 aliphatic rings. The first-order valence-corrected chi connectivity index (χ1v) is 9.32. The molecule has 2 aromatic carbocycles. The summed E-state index contributed by atoms with van der Waals surface area (Å²) in [6, 6.07) is 16.9. The van der Waals surface area contributed by atoms with Crippen molar-refractivity contribution in [1.82, 2.24) is 4.98 Å². The van der Waals surface area contributed by atoms with Crippen LogP contribution >= 0.6 is 0 Å².